The number of nitrogens with one attached hydrogen (secondary N) is 2. The highest BCUT2D eigenvalue weighted by Gasteiger charge is 2.29. The highest BCUT2D eigenvalue weighted by molar-refractivity contribution is 6.04. The predicted octanol–water partition coefficient (Wildman–Crippen LogP) is 11.2. The molecule has 0 fully saturated rings. The van der Waals surface area contributed by atoms with E-state index in [4.69, 9.17) is 38.9 Å². The first kappa shape index (κ1) is 44.3. The van der Waals surface area contributed by atoms with E-state index in [2.05, 4.69) is 94.9 Å². The van der Waals surface area contributed by atoms with Crippen molar-refractivity contribution in [2.45, 2.75) is 0 Å². The Morgan fingerprint density at radius 1 is 0.357 bits per heavy atom. The van der Waals surface area contributed by atoms with E-state index in [9.17, 15) is 10.2 Å². The summed E-state index contributed by atoms with van der Waals surface area (Å²) in [6.45, 7) is 1.13. The zero-order chi connectivity index (χ0) is 47.2. The Labute approximate surface area is 403 Å². The van der Waals surface area contributed by atoms with Crippen LogP contribution >= 0.6 is 0 Å². The average Bonchev–Trinajstić information content (AvgIpc) is 4.25. The molecule has 0 saturated carbocycles. The van der Waals surface area contributed by atoms with Crippen LogP contribution in [-0.2, 0) is 9.47 Å². The fraction of sp³-hybridized carbons (Fsp3) is 0.138. The van der Waals surface area contributed by atoms with Crippen LogP contribution in [0.15, 0.2) is 158 Å². The van der Waals surface area contributed by atoms with E-state index in [-0.39, 0.29) is 52.9 Å². The summed E-state index contributed by atoms with van der Waals surface area (Å²) >= 11 is 0. The van der Waals surface area contributed by atoms with Crippen LogP contribution in [0.25, 0.3) is 113 Å². The minimum absolute atomic E-state index is 0.0895. The van der Waals surface area contributed by atoms with Crippen LogP contribution < -0.4 is 9.47 Å². The lowest BCUT2D eigenvalue weighted by Crippen LogP contribution is -2.12. The van der Waals surface area contributed by atoms with Crippen molar-refractivity contribution in [2.24, 2.45) is 0 Å². The SMILES string of the molecule is OCCOCCOc1cc2nc3c(nc2cc1OCCOCCO)-c1nc-3c(-c2ccccc2)c2ccc([nH]2)c(-c2ccccc2)c2nc(c(-c3ccccc3)c3ccc([nH]3)c1-c1ccccc1)C=C2. The third-order valence-electron chi connectivity index (χ3n) is 12.2. The van der Waals surface area contributed by atoms with Crippen molar-refractivity contribution in [3.63, 3.8) is 0 Å². The molecule has 2 aliphatic heterocycles. The summed E-state index contributed by atoms with van der Waals surface area (Å²) in [4.78, 5) is 29.8. The summed E-state index contributed by atoms with van der Waals surface area (Å²) < 4.78 is 23.6. The molecule has 12 nitrogen and oxygen atoms in total. The second kappa shape index (κ2) is 20.1. The van der Waals surface area contributed by atoms with E-state index in [1.165, 1.54) is 0 Å². The average molecular weight is 925 g/mol. The lowest BCUT2D eigenvalue weighted by atomic mass is 10.00. The van der Waals surface area contributed by atoms with Crippen LogP contribution in [0, 0.1) is 0 Å². The fourth-order valence-corrected chi connectivity index (χ4v) is 9.10. The van der Waals surface area contributed by atoms with Gasteiger partial charge in [0.2, 0.25) is 0 Å². The van der Waals surface area contributed by atoms with Gasteiger partial charge in [-0.1, -0.05) is 121 Å². The summed E-state index contributed by atoms with van der Waals surface area (Å²) in [6, 6.07) is 53.3. The van der Waals surface area contributed by atoms with E-state index in [1.54, 1.807) is 0 Å². The van der Waals surface area contributed by atoms with Crippen molar-refractivity contribution in [3.05, 3.63) is 169 Å². The van der Waals surface area contributed by atoms with Crippen LogP contribution in [-0.4, -0.2) is 93.0 Å². The number of hydrogen-bond donors (Lipinski definition) is 4. The number of aromatic amines is 2. The van der Waals surface area contributed by atoms with Gasteiger partial charge in [-0.3, -0.25) is 0 Å². The summed E-state index contributed by atoms with van der Waals surface area (Å²) in [5.74, 6) is 0.885. The Bertz CT molecular complexity index is 3300. The Balaban J connectivity index is 1.26. The van der Waals surface area contributed by atoms with Crippen molar-refractivity contribution in [2.75, 3.05) is 52.9 Å². The van der Waals surface area contributed by atoms with Gasteiger partial charge >= 0.3 is 0 Å². The third kappa shape index (κ3) is 8.84. The van der Waals surface area contributed by atoms with Gasteiger partial charge in [0, 0.05) is 56.5 Å². The number of aliphatic hydroxyl groups excluding tert-OH is 2. The van der Waals surface area contributed by atoms with Crippen LogP contribution in [0.1, 0.15) is 11.4 Å². The van der Waals surface area contributed by atoms with E-state index >= 15 is 0 Å². The van der Waals surface area contributed by atoms with E-state index in [1.807, 2.05) is 84.9 Å². The second-order valence-corrected chi connectivity index (χ2v) is 16.6. The monoisotopic (exact) mass is 924 g/mol. The quantitative estimate of drug-likeness (QED) is 0.0687. The Morgan fingerprint density at radius 2 is 0.714 bits per heavy atom. The summed E-state index contributed by atoms with van der Waals surface area (Å²) in [5, 5.41) is 18.6. The standard InChI is InChI=1S/C58H48N6O6/c65-27-29-67-31-33-69-49-35-47-48(36-50(49)70-34-32-68-30-28-66)63-58-56-54(40-19-11-4-12-20-40)46-26-24-44(61-46)52(38-15-7-2-8-16-38)42-22-21-41(59-42)51(37-13-5-1-6-14-37)43-23-25-45(60-43)53(39-17-9-3-10-18-39)55(64-56)57(58)62-47/h1-26,35-36,60-61,65-66H,27-34H2. The largest absolute Gasteiger partial charge is 0.487 e. The lowest BCUT2D eigenvalue weighted by Gasteiger charge is -2.15. The Morgan fingerprint density at radius 3 is 1.09 bits per heavy atom. The molecule has 12 heteroatoms. The molecule has 0 unspecified atom stereocenters. The minimum atomic E-state index is -0.0895. The molecule has 0 saturated heterocycles. The lowest BCUT2D eigenvalue weighted by molar-refractivity contribution is 0.0645. The van der Waals surface area contributed by atoms with E-state index in [0.717, 1.165) is 78.0 Å². The molecule has 0 atom stereocenters. The molecule has 9 aromatic rings. The maximum absolute atomic E-state index is 9.29. The number of hydrogen-bond acceptors (Lipinski definition) is 10. The molecular weight excluding hydrogens is 877 g/mol. The Kier molecular flexibility index (Phi) is 12.7. The molecule has 4 aromatic heterocycles. The van der Waals surface area contributed by atoms with Gasteiger partial charge < -0.3 is 39.1 Å². The highest BCUT2D eigenvalue weighted by Crippen LogP contribution is 2.46. The number of rotatable bonds is 16. The van der Waals surface area contributed by atoms with Gasteiger partial charge in [0.15, 0.2) is 11.5 Å². The zero-order valence-electron chi connectivity index (χ0n) is 38.1. The van der Waals surface area contributed by atoms with Crippen molar-refractivity contribution in [3.8, 4) is 78.8 Å². The van der Waals surface area contributed by atoms with Gasteiger partial charge in [0.05, 0.1) is 62.1 Å². The first-order chi connectivity index (χ1) is 34.6. The van der Waals surface area contributed by atoms with Gasteiger partial charge in [-0.2, -0.15) is 0 Å². The van der Waals surface area contributed by atoms with Gasteiger partial charge in [0.25, 0.3) is 0 Å². The van der Waals surface area contributed by atoms with Crippen LogP contribution in [0.4, 0.5) is 0 Å². The van der Waals surface area contributed by atoms with Crippen molar-refractivity contribution in [1.29, 1.82) is 0 Å². The molecule has 8 bridgehead atoms. The molecule has 2 aliphatic rings. The van der Waals surface area contributed by atoms with Crippen molar-refractivity contribution < 1.29 is 29.2 Å². The number of H-pyrrole nitrogens is 2. The normalized spacial score (nSPS) is 11.8. The third-order valence-corrected chi connectivity index (χ3v) is 12.2. The maximum atomic E-state index is 9.29. The summed E-state index contributed by atoms with van der Waals surface area (Å²) in [7, 11) is 0. The van der Waals surface area contributed by atoms with Crippen molar-refractivity contribution in [1.82, 2.24) is 29.9 Å². The van der Waals surface area contributed by atoms with Crippen molar-refractivity contribution >= 4 is 45.3 Å². The van der Waals surface area contributed by atoms with Gasteiger partial charge in [-0.15, -0.1) is 0 Å². The first-order valence-corrected chi connectivity index (χ1v) is 23.3. The topological polar surface area (TPSA) is 161 Å². The van der Waals surface area contributed by atoms with Gasteiger partial charge in [-0.05, 0) is 58.7 Å². The molecule has 11 rings (SSSR count). The van der Waals surface area contributed by atoms with Crippen LogP contribution in [0.3, 0.4) is 0 Å². The molecule has 346 valence electrons. The first-order valence-electron chi connectivity index (χ1n) is 23.3. The molecule has 6 heterocycles. The number of ether oxygens (including phenoxy) is 4. The summed E-state index contributed by atoms with van der Waals surface area (Å²) in [5.41, 5.74) is 16.2. The summed E-state index contributed by atoms with van der Waals surface area (Å²) in [6.07, 6.45) is 4.21. The molecule has 0 aliphatic carbocycles. The smallest absolute Gasteiger partial charge is 0.163 e. The van der Waals surface area contributed by atoms with Gasteiger partial charge in [0.1, 0.15) is 36.0 Å². The molecule has 5 aromatic carbocycles. The molecule has 0 radical (unpaired) electrons. The van der Waals surface area contributed by atoms with E-state index < -0.39 is 0 Å². The van der Waals surface area contributed by atoms with Gasteiger partial charge in [-0.25, -0.2) is 19.9 Å². The number of fused-ring (bicyclic) bond motifs is 12. The Hall–Kier alpha value is -8.26. The minimum Gasteiger partial charge on any atom is -0.487 e. The number of benzene rings is 5. The number of aliphatic hydroxyl groups is 2. The van der Waals surface area contributed by atoms with Crippen LogP contribution in [0.2, 0.25) is 0 Å². The molecule has 70 heavy (non-hydrogen) atoms. The highest BCUT2D eigenvalue weighted by atomic mass is 16.6. The van der Waals surface area contributed by atoms with E-state index in [0.29, 0.717) is 45.3 Å². The number of nitrogens with zero attached hydrogens (tertiary/aromatic N) is 4. The molecule has 4 N–H and O–H groups in total. The molecular formula is C58H48N6O6. The molecule has 0 amide bonds. The zero-order valence-corrected chi connectivity index (χ0v) is 38.1. The fourth-order valence-electron chi connectivity index (χ4n) is 9.10. The predicted molar refractivity (Wildman–Crippen MR) is 276 cm³/mol. The number of aromatic nitrogens is 6. The van der Waals surface area contributed by atoms with Crippen LogP contribution in [0.5, 0.6) is 11.5 Å². The second-order valence-electron chi connectivity index (χ2n) is 16.6. The molecule has 0 spiro atoms. The maximum Gasteiger partial charge on any atom is 0.163 e.